The standard InChI is InChI=1S/C24H28BrF2N3O4/c1-16-28-23(34-15-19-5-6-20(26)12-21(19)27)22(25)24(33)30(16)14-18-4-2-3-17(11-18)13-29(7-9-31)8-10-32/h2-6,11-12,16,28,31-32H,7-10,13-15H2,1H3. The Bertz CT molecular complexity index is 1030. The van der Waals surface area contributed by atoms with Gasteiger partial charge in [-0.05, 0) is 46.1 Å². The highest BCUT2D eigenvalue weighted by atomic mass is 79.9. The molecule has 1 aliphatic heterocycles. The van der Waals surface area contributed by atoms with E-state index in [0.29, 0.717) is 26.2 Å². The van der Waals surface area contributed by atoms with Crippen LogP contribution in [0.25, 0.3) is 0 Å². The summed E-state index contributed by atoms with van der Waals surface area (Å²) in [6.07, 6.45) is -0.397. The average molecular weight is 540 g/mol. The minimum Gasteiger partial charge on any atom is -0.473 e. The number of benzene rings is 2. The van der Waals surface area contributed by atoms with Crippen LogP contribution in [0.4, 0.5) is 8.78 Å². The molecule has 0 saturated heterocycles. The maximum absolute atomic E-state index is 13.9. The largest absolute Gasteiger partial charge is 0.473 e. The van der Waals surface area contributed by atoms with Crippen LogP contribution in [0.5, 0.6) is 0 Å². The fraction of sp³-hybridized carbons (Fsp3) is 0.375. The number of hydrogen-bond donors (Lipinski definition) is 3. The summed E-state index contributed by atoms with van der Waals surface area (Å²) in [5.41, 5.74) is 2.10. The third kappa shape index (κ3) is 6.75. The second-order valence-corrected chi connectivity index (χ2v) is 8.76. The number of hydrogen-bond acceptors (Lipinski definition) is 6. The maximum Gasteiger partial charge on any atom is 0.268 e. The second-order valence-electron chi connectivity index (χ2n) is 7.96. The van der Waals surface area contributed by atoms with Crippen molar-refractivity contribution in [1.29, 1.82) is 0 Å². The Kier molecular flexibility index (Phi) is 9.40. The molecule has 1 unspecified atom stereocenters. The highest BCUT2D eigenvalue weighted by Gasteiger charge is 2.31. The SMILES string of the molecule is CC1NC(OCc2ccc(F)cc2F)=C(Br)C(=O)N1Cc1cccc(CN(CCO)CCO)c1. The van der Waals surface area contributed by atoms with E-state index in [2.05, 4.69) is 21.2 Å². The molecule has 1 amide bonds. The molecule has 2 aromatic rings. The Balaban J connectivity index is 1.67. The van der Waals surface area contributed by atoms with Gasteiger partial charge in [-0.1, -0.05) is 24.3 Å². The monoisotopic (exact) mass is 539 g/mol. The van der Waals surface area contributed by atoms with Crippen molar-refractivity contribution in [1.82, 2.24) is 15.1 Å². The van der Waals surface area contributed by atoms with Gasteiger partial charge >= 0.3 is 0 Å². The quantitative estimate of drug-likeness (QED) is 0.407. The number of carbonyl (C=O) groups is 1. The van der Waals surface area contributed by atoms with Crippen LogP contribution in [-0.4, -0.2) is 58.4 Å². The summed E-state index contributed by atoms with van der Waals surface area (Å²) in [6.45, 7) is 3.48. The fourth-order valence-corrected chi connectivity index (χ4v) is 4.12. The van der Waals surface area contributed by atoms with Gasteiger partial charge in [0.15, 0.2) is 0 Å². The lowest BCUT2D eigenvalue weighted by Gasteiger charge is -2.35. The number of aliphatic hydroxyl groups is 2. The van der Waals surface area contributed by atoms with E-state index in [4.69, 9.17) is 4.74 Å². The average Bonchev–Trinajstić information content (AvgIpc) is 2.80. The minimum atomic E-state index is -0.718. The zero-order chi connectivity index (χ0) is 24.7. The van der Waals surface area contributed by atoms with Gasteiger partial charge in [-0.2, -0.15) is 0 Å². The topological polar surface area (TPSA) is 85.3 Å². The first-order chi connectivity index (χ1) is 16.3. The van der Waals surface area contributed by atoms with Crippen LogP contribution in [0.3, 0.4) is 0 Å². The van der Waals surface area contributed by atoms with Gasteiger partial charge in [-0.15, -0.1) is 0 Å². The molecule has 1 aliphatic rings. The third-order valence-electron chi connectivity index (χ3n) is 5.43. The van der Waals surface area contributed by atoms with Gasteiger partial charge in [0.05, 0.1) is 13.2 Å². The summed E-state index contributed by atoms with van der Waals surface area (Å²) in [7, 11) is 0. The van der Waals surface area contributed by atoms with Gasteiger partial charge < -0.3 is 25.2 Å². The molecule has 3 N–H and O–H groups in total. The molecule has 0 fully saturated rings. The molecule has 7 nitrogen and oxygen atoms in total. The van der Waals surface area contributed by atoms with Crippen molar-refractivity contribution < 1.29 is 28.5 Å². The van der Waals surface area contributed by atoms with Gasteiger partial charge in [-0.25, -0.2) is 8.78 Å². The van der Waals surface area contributed by atoms with E-state index in [0.717, 1.165) is 23.3 Å². The van der Waals surface area contributed by atoms with Crippen molar-refractivity contribution in [3.05, 3.63) is 81.2 Å². The molecule has 0 aliphatic carbocycles. The number of aliphatic hydroxyl groups excluding tert-OH is 2. The van der Waals surface area contributed by atoms with Gasteiger partial charge in [0, 0.05) is 37.8 Å². The number of nitrogens with zero attached hydrogens (tertiary/aromatic N) is 2. The zero-order valence-corrected chi connectivity index (χ0v) is 20.4. The van der Waals surface area contributed by atoms with Crippen molar-refractivity contribution in [3.63, 3.8) is 0 Å². The molecule has 3 rings (SSSR count). The van der Waals surface area contributed by atoms with E-state index in [-0.39, 0.29) is 41.7 Å². The predicted octanol–water partition coefficient (Wildman–Crippen LogP) is 2.81. The van der Waals surface area contributed by atoms with Crippen LogP contribution >= 0.6 is 15.9 Å². The summed E-state index contributed by atoms with van der Waals surface area (Å²) in [5, 5.41) is 21.5. The van der Waals surface area contributed by atoms with Gasteiger partial charge in [-0.3, -0.25) is 9.69 Å². The zero-order valence-electron chi connectivity index (χ0n) is 18.8. The van der Waals surface area contributed by atoms with E-state index in [1.807, 2.05) is 36.1 Å². The van der Waals surface area contributed by atoms with Crippen LogP contribution in [-0.2, 0) is 29.2 Å². The lowest BCUT2D eigenvalue weighted by atomic mass is 10.1. The smallest absolute Gasteiger partial charge is 0.268 e. The van der Waals surface area contributed by atoms with Crippen LogP contribution < -0.4 is 5.32 Å². The minimum absolute atomic E-state index is 0.00369. The highest BCUT2D eigenvalue weighted by Crippen LogP contribution is 2.25. The number of amides is 1. The molecular formula is C24H28BrF2N3O4. The second kappa shape index (κ2) is 12.3. The summed E-state index contributed by atoms with van der Waals surface area (Å²) in [4.78, 5) is 16.6. The van der Waals surface area contributed by atoms with Crippen LogP contribution in [0, 0.1) is 11.6 Å². The summed E-state index contributed by atoms with van der Waals surface area (Å²) >= 11 is 3.28. The molecule has 0 aromatic heterocycles. The van der Waals surface area contributed by atoms with E-state index >= 15 is 0 Å². The van der Waals surface area contributed by atoms with Gasteiger partial charge in [0.2, 0.25) is 5.88 Å². The molecule has 0 radical (unpaired) electrons. The van der Waals surface area contributed by atoms with Crippen LogP contribution in [0.1, 0.15) is 23.6 Å². The predicted molar refractivity (Wildman–Crippen MR) is 126 cm³/mol. The van der Waals surface area contributed by atoms with Crippen molar-refractivity contribution in [3.8, 4) is 0 Å². The molecule has 0 spiro atoms. The van der Waals surface area contributed by atoms with E-state index < -0.39 is 17.8 Å². The first-order valence-corrected chi connectivity index (χ1v) is 11.7. The fourth-order valence-electron chi connectivity index (χ4n) is 3.67. The molecule has 1 atom stereocenters. The lowest BCUT2D eigenvalue weighted by Crippen LogP contribution is -2.51. The van der Waals surface area contributed by atoms with Crippen molar-refractivity contribution >= 4 is 21.8 Å². The first-order valence-electron chi connectivity index (χ1n) is 10.9. The van der Waals surface area contributed by atoms with E-state index in [1.165, 1.54) is 6.07 Å². The molecule has 184 valence electrons. The van der Waals surface area contributed by atoms with E-state index in [9.17, 15) is 23.8 Å². The number of nitrogens with one attached hydrogen (secondary N) is 1. The number of carbonyl (C=O) groups excluding carboxylic acids is 1. The number of rotatable bonds is 11. The Morgan fingerprint density at radius 2 is 1.82 bits per heavy atom. The first kappa shape index (κ1) is 26.1. The van der Waals surface area contributed by atoms with E-state index in [1.54, 1.807) is 4.90 Å². The summed E-state index contributed by atoms with van der Waals surface area (Å²) < 4.78 is 32.8. The number of ether oxygens (including phenoxy) is 1. The lowest BCUT2D eigenvalue weighted by molar-refractivity contribution is -0.131. The summed E-state index contributed by atoms with van der Waals surface area (Å²) in [5.74, 6) is -1.48. The third-order valence-corrected chi connectivity index (χ3v) is 6.12. The van der Waals surface area contributed by atoms with Crippen LogP contribution in [0.15, 0.2) is 52.8 Å². The highest BCUT2D eigenvalue weighted by molar-refractivity contribution is 9.12. The van der Waals surface area contributed by atoms with Crippen LogP contribution in [0.2, 0.25) is 0 Å². The molecule has 2 aromatic carbocycles. The summed E-state index contributed by atoms with van der Waals surface area (Å²) in [6, 6.07) is 11.0. The van der Waals surface area contributed by atoms with Crippen molar-refractivity contribution in [2.75, 3.05) is 26.3 Å². The van der Waals surface area contributed by atoms with Crippen molar-refractivity contribution in [2.45, 2.75) is 32.8 Å². The molecule has 0 saturated carbocycles. The number of halogens is 3. The maximum atomic E-state index is 13.9. The van der Waals surface area contributed by atoms with Crippen molar-refractivity contribution in [2.24, 2.45) is 0 Å². The molecule has 0 bridgehead atoms. The normalized spacial score (nSPS) is 16.3. The molecule has 10 heteroatoms. The van der Waals surface area contributed by atoms with Gasteiger partial charge in [0.1, 0.15) is 28.9 Å². The molecule has 34 heavy (non-hydrogen) atoms. The molecule has 1 heterocycles. The van der Waals surface area contributed by atoms with Gasteiger partial charge in [0.25, 0.3) is 5.91 Å². The Labute approximate surface area is 205 Å². The molecular weight excluding hydrogens is 512 g/mol. The Hall–Kier alpha value is -2.53. The Morgan fingerprint density at radius 3 is 2.50 bits per heavy atom. The Morgan fingerprint density at radius 1 is 1.12 bits per heavy atom.